The van der Waals surface area contributed by atoms with E-state index in [4.69, 9.17) is 0 Å². The molecule has 0 radical (unpaired) electrons. The average molecular weight is 193 g/mol. The van der Waals surface area contributed by atoms with Crippen LogP contribution in [0, 0.1) is 6.92 Å². The highest BCUT2D eigenvalue weighted by molar-refractivity contribution is 6.21. The summed E-state index contributed by atoms with van der Waals surface area (Å²) in [6, 6.07) is 15.2. The molecule has 1 heterocycles. The van der Waals surface area contributed by atoms with E-state index in [0.717, 1.165) is 0 Å². The number of aryl methyl sites for hydroxylation is 1. The Labute approximate surface area is 89.8 Å². The second-order valence-electron chi connectivity index (χ2n) is 4.10. The van der Waals surface area contributed by atoms with Crippen LogP contribution < -0.4 is 0 Å². The molecule has 2 aromatic carbocycles. The third-order valence-electron chi connectivity index (χ3n) is 3.07. The fraction of sp³-hybridized carbons (Fsp3) is 0.0769. The lowest BCUT2D eigenvalue weighted by atomic mass is 10.1. The lowest BCUT2D eigenvalue weighted by Crippen LogP contribution is -1.89. The molecule has 0 aliphatic carbocycles. The Morgan fingerprint density at radius 3 is 2.53 bits per heavy atom. The van der Waals surface area contributed by atoms with Gasteiger partial charge in [0, 0.05) is 21.8 Å². The van der Waals surface area contributed by atoms with E-state index in [0.29, 0.717) is 0 Å². The summed E-state index contributed by atoms with van der Waals surface area (Å²) in [6.45, 7) is 2.14. The Kier molecular flexibility index (Phi) is 1.66. The van der Waals surface area contributed by atoms with Crippen LogP contribution in [-0.2, 0) is 0 Å². The topological polar surface area (TPSA) is 4.93 Å². The predicted molar refractivity (Wildman–Crippen MR) is 68.1 cm³/mol. The zero-order valence-electron chi connectivity index (χ0n) is 8.99. The molecule has 0 aliphatic rings. The third kappa shape index (κ3) is 1.11. The number of hydrogen-bond donors (Lipinski definition) is 0. The highest BCUT2D eigenvalue weighted by Gasteiger charge is 2.05. The zero-order valence-corrected chi connectivity index (χ0v) is 8.99. The van der Waals surface area contributed by atoms with Crippen LogP contribution in [0.3, 0.4) is 0 Å². The summed E-state index contributed by atoms with van der Waals surface area (Å²) in [5, 5.41) is 2.69. The van der Waals surface area contributed by atoms with E-state index in [-0.39, 0.29) is 0 Å². The number of benzene rings is 2. The van der Waals surface area contributed by atoms with Gasteiger partial charge in [0.15, 0.2) is 0 Å². The quantitative estimate of drug-likeness (QED) is 0.483. The van der Waals surface area contributed by atoms with E-state index in [9.17, 15) is 0 Å². The normalized spacial score (nSPS) is 11.3. The summed E-state index contributed by atoms with van der Waals surface area (Å²) in [6.07, 6.45) is 0. The molecule has 3 aromatic rings. The zero-order chi connectivity index (χ0) is 10.4. The molecule has 0 saturated carbocycles. The number of para-hydroxylation sites is 1. The standard InChI is InChI=1S/C13H12BN/c1-9-6-7-11-10-4-2-3-5-12(10)15(14)13(11)8-9/h2-8H,14H2,1H3. The van der Waals surface area contributed by atoms with Crippen LogP contribution in [0.4, 0.5) is 0 Å². The van der Waals surface area contributed by atoms with Gasteiger partial charge in [-0.1, -0.05) is 30.3 Å². The van der Waals surface area contributed by atoms with Crippen molar-refractivity contribution in [1.82, 2.24) is 4.48 Å². The Balaban J connectivity index is 2.63. The Morgan fingerprint density at radius 1 is 0.933 bits per heavy atom. The van der Waals surface area contributed by atoms with E-state index >= 15 is 0 Å². The summed E-state index contributed by atoms with van der Waals surface area (Å²) in [7, 11) is 2.13. The van der Waals surface area contributed by atoms with Gasteiger partial charge in [0.05, 0.1) is 0 Å². The first kappa shape index (κ1) is 8.60. The molecule has 1 aromatic heterocycles. The number of nitrogens with zero attached hydrogens (tertiary/aromatic N) is 1. The van der Waals surface area contributed by atoms with Crippen molar-refractivity contribution in [3.05, 3.63) is 48.0 Å². The van der Waals surface area contributed by atoms with Crippen LogP contribution in [0.25, 0.3) is 21.8 Å². The van der Waals surface area contributed by atoms with Gasteiger partial charge >= 0.3 is 0 Å². The molecule has 0 saturated heterocycles. The molecule has 0 atom stereocenters. The molecule has 0 spiro atoms. The maximum Gasteiger partial charge on any atom is 0.223 e. The van der Waals surface area contributed by atoms with Gasteiger partial charge in [0.1, 0.15) is 0 Å². The van der Waals surface area contributed by atoms with Crippen molar-refractivity contribution in [2.24, 2.45) is 0 Å². The molecule has 0 N–H and O–H groups in total. The maximum absolute atomic E-state index is 2.26. The van der Waals surface area contributed by atoms with Crippen LogP contribution in [0.1, 0.15) is 5.56 Å². The SMILES string of the molecule is Bn1c2ccccc2c2ccc(C)cc21. The Hall–Kier alpha value is -1.70. The summed E-state index contributed by atoms with van der Waals surface area (Å²) in [4.78, 5) is 0. The van der Waals surface area contributed by atoms with E-state index in [1.165, 1.54) is 27.4 Å². The van der Waals surface area contributed by atoms with Crippen molar-refractivity contribution < 1.29 is 0 Å². The van der Waals surface area contributed by atoms with Gasteiger partial charge in [-0.25, -0.2) is 0 Å². The summed E-state index contributed by atoms with van der Waals surface area (Å²) >= 11 is 0. The Morgan fingerprint density at radius 2 is 1.67 bits per heavy atom. The predicted octanol–water partition coefficient (Wildman–Crippen LogP) is 2.50. The minimum Gasteiger partial charge on any atom is -0.393 e. The van der Waals surface area contributed by atoms with E-state index in [1.807, 2.05) is 0 Å². The van der Waals surface area contributed by atoms with Crippen LogP contribution in [-0.4, -0.2) is 12.5 Å². The Bertz CT molecular complexity index is 652. The molecule has 0 aliphatic heterocycles. The molecule has 0 amide bonds. The third-order valence-corrected chi connectivity index (χ3v) is 3.07. The molecule has 0 bridgehead atoms. The lowest BCUT2D eigenvalue weighted by Gasteiger charge is -1.98. The van der Waals surface area contributed by atoms with Gasteiger partial charge in [0.2, 0.25) is 7.98 Å². The molecule has 72 valence electrons. The molecular formula is C13H12BN. The minimum atomic E-state index is 1.30. The fourth-order valence-corrected chi connectivity index (χ4v) is 2.27. The van der Waals surface area contributed by atoms with Crippen molar-refractivity contribution in [3.8, 4) is 0 Å². The van der Waals surface area contributed by atoms with Crippen LogP contribution in [0.15, 0.2) is 42.5 Å². The van der Waals surface area contributed by atoms with Crippen LogP contribution >= 0.6 is 0 Å². The fourth-order valence-electron chi connectivity index (χ4n) is 2.27. The minimum absolute atomic E-state index is 1.30. The molecular weight excluding hydrogens is 181 g/mol. The molecule has 15 heavy (non-hydrogen) atoms. The van der Waals surface area contributed by atoms with Crippen molar-refractivity contribution >= 4 is 29.8 Å². The van der Waals surface area contributed by atoms with Gasteiger partial charge in [0.25, 0.3) is 0 Å². The van der Waals surface area contributed by atoms with Crippen molar-refractivity contribution in [2.75, 3.05) is 0 Å². The number of aromatic nitrogens is 1. The van der Waals surface area contributed by atoms with Gasteiger partial charge < -0.3 is 4.48 Å². The number of hydrogen-bond acceptors (Lipinski definition) is 0. The van der Waals surface area contributed by atoms with Gasteiger partial charge in [-0.3, -0.25) is 0 Å². The van der Waals surface area contributed by atoms with Crippen LogP contribution in [0.2, 0.25) is 0 Å². The second-order valence-corrected chi connectivity index (χ2v) is 4.10. The molecule has 0 unspecified atom stereocenters. The molecule has 1 nitrogen and oxygen atoms in total. The van der Waals surface area contributed by atoms with Crippen molar-refractivity contribution in [2.45, 2.75) is 6.92 Å². The summed E-state index contributed by atoms with van der Waals surface area (Å²) < 4.78 is 2.26. The van der Waals surface area contributed by atoms with E-state index in [2.05, 4.69) is 61.8 Å². The molecule has 2 heteroatoms. The number of rotatable bonds is 0. The van der Waals surface area contributed by atoms with Crippen LogP contribution in [0.5, 0.6) is 0 Å². The largest absolute Gasteiger partial charge is 0.393 e. The second kappa shape index (κ2) is 2.90. The van der Waals surface area contributed by atoms with Crippen molar-refractivity contribution in [1.29, 1.82) is 0 Å². The monoisotopic (exact) mass is 193 g/mol. The summed E-state index contributed by atoms with van der Waals surface area (Å²) in [5.41, 5.74) is 3.93. The van der Waals surface area contributed by atoms with E-state index in [1.54, 1.807) is 0 Å². The first-order chi connectivity index (χ1) is 7.27. The van der Waals surface area contributed by atoms with Gasteiger partial charge in [-0.2, -0.15) is 0 Å². The highest BCUT2D eigenvalue weighted by Crippen LogP contribution is 2.27. The van der Waals surface area contributed by atoms with Gasteiger partial charge in [-0.05, 0) is 24.6 Å². The lowest BCUT2D eigenvalue weighted by molar-refractivity contribution is 1.37. The summed E-state index contributed by atoms with van der Waals surface area (Å²) in [5.74, 6) is 0. The first-order valence-corrected chi connectivity index (χ1v) is 5.21. The molecule has 0 fully saturated rings. The van der Waals surface area contributed by atoms with Gasteiger partial charge in [-0.15, -0.1) is 0 Å². The van der Waals surface area contributed by atoms with Crippen molar-refractivity contribution in [3.63, 3.8) is 0 Å². The number of fused-ring (bicyclic) bond motifs is 3. The highest BCUT2D eigenvalue weighted by atomic mass is 14.9. The smallest absolute Gasteiger partial charge is 0.223 e. The first-order valence-electron chi connectivity index (χ1n) is 5.21. The van der Waals surface area contributed by atoms with E-state index < -0.39 is 0 Å². The average Bonchev–Trinajstić information content (AvgIpc) is 2.54. The molecule has 3 rings (SSSR count). The maximum atomic E-state index is 2.26.